The number of aryl methyl sites for hydroxylation is 2. The zero-order chi connectivity index (χ0) is 12.4. The van der Waals surface area contributed by atoms with Crippen LogP contribution in [0.5, 0.6) is 5.75 Å². The van der Waals surface area contributed by atoms with Crippen molar-refractivity contribution in [1.29, 1.82) is 0 Å². The van der Waals surface area contributed by atoms with Gasteiger partial charge < -0.3 is 10.2 Å². The quantitative estimate of drug-likeness (QED) is 0.648. The largest absolute Gasteiger partial charge is 0.496 e. The van der Waals surface area contributed by atoms with E-state index < -0.39 is 0 Å². The van der Waals surface area contributed by atoms with Crippen LogP contribution in [0.1, 0.15) is 11.1 Å². The van der Waals surface area contributed by atoms with Crippen LogP contribution in [0.4, 0.5) is 5.82 Å². The van der Waals surface area contributed by atoms with Gasteiger partial charge in [0, 0.05) is 5.38 Å². The highest BCUT2D eigenvalue weighted by Crippen LogP contribution is 2.36. The second-order valence-electron chi connectivity index (χ2n) is 3.84. The van der Waals surface area contributed by atoms with Gasteiger partial charge in [0.05, 0.1) is 12.7 Å². The molecule has 0 aliphatic heterocycles. The number of rotatable bonds is 3. The monoisotopic (exact) mass is 249 g/mol. The highest BCUT2D eigenvalue weighted by atomic mass is 32.1. The third-order valence-electron chi connectivity index (χ3n) is 2.53. The van der Waals surface area contributed by atoms with E-state index in [0.29, 0.717) is 5.82 Å². The molecule has 0 fully saturated rings. The molecule has 0 saturated carbocycles. The molecule has 90 valence electrons. The van der Waals surface area contributed by atoms with Crippen molar-refractivity contribution in [2.45, 2.75) is 13.8 Å². The summed E-state index contributed by atoms with van der Waals surface area (Å²) in [6, 6.07) is 4.13. The molecule has 0 bridgehead atoms. The van der Waals surface area contributed by atoms with E-state index in [1.54, 1.807) is 18.4 Å². The summed E-state index contributed by atoms with van der Waals surface area (Å²) in [6.07, 6.45) is 0. The number of nitrogens with zero attached hydrogens (tertiary/aromatic N) is 1. The number of anilines is 1. The Kier molecular flexibility index (Phi) is 3.31. The van der Waals surface area contributed by atoms with E-state index in [9.17, 15) is 0 Å². The zero-order valence-electron chi connectivity index (χ0n) is 10.1. The predicted octanol–water partition coefficient (Wildman–Crippen LogP) is 2.72. The smallest absolute Gasteiger partial charge is 0.151 e. The fourth-order valence-corrected chi connectivity index (χ4v) is 2.69. The Morgan fingerprint density at radius 1 is 1.35 bits per heavy atom. The Morgan fingerprint density at radius 3 is 2.71 bits per heavy atom. The second-order valence-corrected chi connectivity index (χ2v) is 4.70. The van der Waals surface area contributed by atoms with Gasteiger partial charge in [0.25, 0.3) is 0 Å². The van der Waals surface area contributed by atoms with Crippen molar-refractivity contribution in [3.63, 3.8) is 0 Å². The molecule has 1 aromatic heterocycles. The molecule has 1 aromatic carbocycles. The lowest BCUT2D eigenvalue weighted by atomic mass is 10.0. The van der Waals surface area contributed by atoms with Gasteiger partial charge in [-0.05, 0) is 31.0 Å². The minimum Gasteiger partial charge on any atom is -0.496 e. The molecular weight excluding hydrogens is 234 g/mol. The first-order valence-corrected chi connectivity index (χ1v) is 6.11. The van der Waals surface area contributed by atoms with Crippen molar-refractivity contribution in [2.24, 2.45) is 5.84 Å². The fourth-order valence-electron chi connectivity index (χ4n) is 1.82. The van der Waals surface area contributed by atoms with Gasteiger partial charge in [0.15, 0.2) is 5.82 Å². The third kappa shape index (κ3) is 2.25. The Hall–Kier alpha value is -1.59. The maximum atomic E-state index is 5.42. The number of benzene rings is 1. The van der Waals surface area contributed by atoms with E-state index in [-0.39, 0.29) is 0 Å². The van der Waals surface area contributed by atoms with Crippen LogP contribution >= 0.6 is 11.3 Å². The number of nitrogens with two attached hydrogens (primary N) is 1. The maximum absolute atomic E-state index is 5.42. The summed E-state index contributed by atoms with van der Waals surface area (Å²) in [4.78, 5) is 4.40. The fraction of sp³-hybridized carbons (Fsp3) is 0.250. The number of ether oxygens (including phenoxy) is 1. The summed E-state index contributed by atoms with van der Waals surface area (Å²) >= 11 is 1.54. The first-order valence-electron chi connectivity index (χ1n) is 5.23. The maximum Gasteiger partial charge on any atom is 0.151 e. The van der Waals surface area contributed by atoms with Crippen LogP contribution in [0.3, 0.4) is 0 Å². The minimum atomic E-state index is 0.673. The molecule has 2 rings (SSSR count). The topological polar surface area (TPSA) is 60.2 Å². The summed E-state index contributed by atoms with van der Waals surface area (Å²) < 4.78 is 5.42. The van der Waals surface area contributed by atoms with Gasteiger partial charge in [0.1, 0.15) is 10.8 Å². The molecule has 0 atom stereocenters. The van der Waals surface area contributed by atoms with Crippen molar-refractivity contribution >= 4 is 17.2 Å². The number of nitrogen functional groups attached to an aromatic ring is 1. The van der Waals surface area contributed by atoms with Gasteiger partial charge in [-0.2, -0.15) is 0 Å². The summed E-state index contributed by atoms with van der Waals surface area (Å²) in [5.41, 5.74) is 5.91. The van der Waals surface area contributed by atoms with Crippen LogP contribution < -0.4 is 16.0 Å². The third-order valence-corrected chi connectivity index (χ3v) is 3.39. The van der Waals surface area contributed by atoms with Crippen molar-refractivity contribution in [1.82, 2.24) is 4.98 Å². The van der Waals surface area contributed by atoms with E-state index in [1.165, 1.54) is 5.56 Å². The van der Waals surface area contributed by atoms with Crippen molar-refractivity contribution in [3.05, 3.63) is 28.6 Å². The number of hydrazine groups is 1. The number of nitrogens with one attached hydrogen (secondary N) is 1. The van der Waals surface area contributed by atoms with Gasteiger partial charge in [-0.1, -0.05) is 6.07 Å². The molecule has 3 N–H and O–H groups in total. The summed E-state index contributed by atoms with van der Waals surface area (Å²) in [5, 5.41) is 2.79. The number of methoxy groups -OCH3 is 1. The van der Waals surface area contributed by atoms with E-state index in [2.05, 4.69) is 23.4 Å². The van der Waals surface area contributed by atoms with Crippen molar-refractivity contribution < 1.29 is 4.74 Å². The Labute approximate surface area is 104 Å². The SMILES string of the molecule is COc1cc(C)cc(C)c1-c1nc(NN)cs1. The summed E-state index contributed by atoms with van der Waals surface area (Å²) in [7, 11) is 1.67. The highest BCUT2D eigenvalue weighted by molar-refractivity contribution is 7.13. The number of hydrogen-bond acceptors (Lipinski definition) is 5. The normalized spacial score (nSPS) is 10.4. The van der Waals surface area contributed by atoms with Crippen LogP contribution in [-0.4, -0.2) is 12.1 Å². The lowest BCUT2D eigenvalue weighted by Gasteiger charge is -2.10. The molecule has 0 amide bonds. The van der Waals surface area contributed by atoms with Crippen LogP contribution in [0, 0.1) is 13.8 Å². The van der Waals surface area contributed by atoms with Gasteiger partial charge >= 0.3 is 0 Å². The first kappa shape index (κ1) is 11.9. The molecular formula is C12H15N3OS. The van der Waals surface area contributed by atoms with Crippen LogP contribution in [-0.2, 0) is 0 Å². The number of hydrogen-bond donors (Lipinski definition) is 2. The molecule has 0 radical (unpaired) electrons. The molecule has 0 aliphatic rings. The van der Waals surface area contributed by atoms with E-state index in [0.717, 1.165) is 21.9 Å². The van der Waals surface area contributed by atoms with E-state index in [1.807, 2.05) is 18.4 Å². The minimum absolute atomic E-state index is 0.673. The van der Waals surface area contributed by atoms with Gasteiger partial charge in [0.2, 0.25) is 0 Å². The molecule has 0 saturated heterocycles. The molecule has 2 aromatic rings. The van der Waals surface area contributed by atoms with Crippen LogP contribution in [0.15, 0.2) is 17.5 Å². The van der Waals surface area contributed by atoms with Crippen LogP contribution in [0.2, 0.25) is 0 Å². The predicted molar refractivity (Wildman–Crippen MR) is 71.4 cm³/mol. The first-order chi connectivity index (χ1) is 8.15. The zero-order valence-corrected chi connectivity index (χ0v) is 10.9. The lowest BCUT2D eigenvalue weighted by molar-refractivity contribution is 0.416. The summed E-state index contributed by atoms with van der Waals surface area (Å²) in [5.74, 6) is 6.86. The molecule has 0 spiro atoms. The van der Waals surface area contributed by atoms with Crippen LogP contribution in [0.25, 0.3) is 10.6 Å². The average Bonchev–Trinajstić information content (AvgIpc) is 2.76. The lowest BCUT2D eigenvalue weighted by Crippen LogP contribution is -2.06. The van der Waals surface area contributed by atoms with E-state index in [4.69, 9.17) is 10.6 Å². The Balaban J connectivity index is 2.57. The molecule has 5 heteroatoms. The molecule has 0 unspecified atom stereocenters. The van der Waals surface area contributed by atoms with Crippen molar-refractivity contribution in [2.75, 3.05) is 12.5 Å². The Morgan fingerprint density at radius 2 is 2.12 bits per heavy atom. The highest BCUT2D eigenvalue weighted by Gasteiger charge is 2.13. The molecule has 4 nitrogen and oxygen atoms in total. The molecule has 1 heterocycles. The standard InChI is InChI=1S/C12H15N3OS/c1-7-4-8(2)11(9(5-7)16-3)12-14-10(15-13)6-17-12/h4-6,15H,13H2,1-3H3. The molecule has 0 aliphatic carbocycles. The number of thiazole rings is 1. The van der Waals surface area contributed by atoms with Gasteiger partial charge in [-0.25, -0.2) is 10.8 Å². The van der Waals surface area contributed by atoms with E-state index >= 15 is 0 Å². The average molecular weight is 249 g/mol. The van der Waals surface area contributed by atoms with Gasteiger partial charge in [-0.15, -0.1) is 11.3 Å². The summed E-state index contributed by atoms with van der Waals surface area (Å²) in [6.45, 7) is 4.11. The van der Waals surface area contributed by atoms with Crippen molar-refractivity contribution in [3.8, 4) is 16.3 Å². The van der Waals surface area contributed by atoms with Gasteiger partial charge in [-0.3, -0.25) is 0 Å². The number of aromatic nitrogens is 1. The second kappa shape index (κ2) is 4.73. The molecule has 17 heavy (non-hydrogen) atoms. The Bertz CT molecular complexity index is 537.